The highest BCUT2D eigenvalue weighted by Crippen LogP contribution is 2.61. The van der Waals surface area contributed by atoms with Crippen LogP contribution in [0.1, 0.15) is 71.6 Å². The Morgan fingerprint density at radius 3 is 2.53 bits per heavy atom. The van der Waals surface area contributed by atoms with Crippen LogP contribution in [0.2, 0.25) is 0 Å². The van der Waals surface area contributed by atoms with Gasteiger partial charge >= 0.3 is 0 Å². The Labute approximate surface area is 107 Å². The van der Waals surface area contributed by atoms with Gasteiger partial charge in [0.25, 0.3) is 0 Å². The smallest absolute Gasteiger partial charge is 0.0462 e. The number of ether oxygens (including phenoxy) is 1. The summed E-state index contributed by atoms with van der Waals surface area (Å²) in [5.41, 5.74) is 1.26. The molecule has 0 spiro atoms. The molecule has 2 aliphatic carbocycles. The van der Waals surface area contributed by atoms with Gasteiger partial charge in [-0.1, -0.05) is 33.1 Å². The van der Waals surface area contributed by atoms with E-state index in [4.69, 9.17) is 4.74 Å². The topological polar surface area (TPSA) is 9.23 Å². The van der Waals surface area contributed by atoms with Gasteiger partial charge in [-0.25, -0.2) is 0 Å². The van der Waals surface area contributed by atoms with E-state index in [1.54, 1.807) is 0 Å². The normalized spacial score (nSPS) is 42.2. The first-order valence-electron chi connectivity index (χ1n) is 7.61. The highest BCUT2D eigenvalue weighted by atomic mass is 16.5. The molecule has 2 rings (SSSR count). The second kappa shape index (κ2) is 5.30. The molecular formula is C16H30O. The van der Waals surface area contributed by atoms with E-state index in [-0.39, 0.29) is 0 Å². The van der Waals surface area contributed by atoms with Gasteiger partial charge in [-0.15, -0.1) is 0 Å². The molecule has 0 aromatic carbocycles. The Balaban J connectivity index is 2.04. The van der Waals surface area contributed by atoms with Gasteiger partial charge in [0.1, 0.15) is 0 Å². The minimum atomic E-state index is 0.622. The van der Waals surface area contributed by atoms with Gasteiger partial charge in [-0.3, -0.25) is 0 Å². The molecule has 0 aliphatic heterocycles. The maximum atomic E-state index is 5.23. The quantitative estimate of drug-likeness (QED) is 0.639. The minimum Gasteiger partial charge on any atom is -0.385 e. The third-order valence-electron chi connectivity index (χ3n) is 6.14. The lowest BCUT2D eigenvalue weighted by molar-refractivity contribution is -0.0787. The molecule has 1 nitrogen and oxygen atoms in total. The van der Waals surface area contributed by atoms with Crippen LogP contribution in [-0.4, -0.2) is 13.7 Å². The van der Waals surface area contributed by atoms with Gasteiger partial charge in [0.15, 0.2) is 0 Å². The Kier molecular flexibility index (Phi) is 4.18. The number of methoxy groups -OCH3 is 1. The lowest BCUT2D eigenvalue weighted by Gasteiger charge is -2.58. The first kappa shape index (κ1) is 13.4. The van der Waals surface area contributed by atoms with E-state index in [0.717, 1.165) is 12.5 Å². The molecule has 0 aromatic rings. The summed E-state index contributed by atoms with van der Waals surface area (Å²) in [6.45, 7) is 6.13. The molecular weight excluding hydrogens is 208 g/mol. The van der Waals surface area contributed by atoms with Crippen molar-refractivity contribution in [2.24, 2.45) is 16.7 Å². The van der Waals surface area contributed by atoms with Gasteiger partial charge in [0.2, 0.25) is 0 Å². The van der Waals surface area contributed by atoms with Gasteiger partial charge in [0, 0.05) is 13.7 Å². The zero-order valence-electron chi connectivity index (χ0n) is 12.1. The number of hydrogen-bond acceptors (Lipinski definition) is 1. The molecule has 0 amide bonds. The Bertz CT molecular complexity index is 246. The summed E-state index contributed by atoms with van der Waals surface area (Å²) in [6, 6.07) is 0. The van der Waals surface area contributed by atoms with Crippen LogP contribution in [0, 0.1) is 16.7 Å². The van der Waals surface area contributed by atoms with Gasteiger partial charge < -0.3 is 4.74 Å². The minimum absolute atomic E-state index is 0.622. The summed E-state index contributed by atoms with van der Waals surface area (Å²) in [5, 5.41) is 0. The lowest BCUT2D eigenvalue weighted by atomic mass is 9.47. The zero-order chi connectivity index (χ0) is 12.4. The van der Waals surface area contributed by atoms with E-state index in [9.17, 15) is 0 Å². The predicted molar refractivity (Wildman–Crippen MR) is 73.1 cm³/mol. The number of rotatable bonds is 4. The molecule has 1 heteroatoms. The van der Waals surface area contributed by atoms with Crippen LogP contribution in [0.3, 0.4) is 0 Å². The van der Waals surface area contributed by atoms with Crippen LogP contribution in [-0.2, 0) is 4.74 Å². The number of fused-ring (bicyclic) bond motifs is 1. The van der Waals surface area contributed by atoms with Crippen molar-refractivity contribution in [1.82, 2.24) is 0 Å². The molecule has 100 valence electrons. The molecule has 0 N–H and O–H groups in total. The van der Waals surface area contributed by atoms with Crippen molar-refractivity contribution in [3.63, 3.8) is 0 Å². The van der Waals surface area contributed by atoms with Crippen LogP contribution >= 0.6 is 0 Å². The van der Waals surface area contributed by atoms with Crippen molar-refractivity contribution in [2.75, 3.05) is 13.7 Å². The lowest BCUT2D eigenvalue weighted by Crippen LogP contribution is -2.48. The first-order valence-corrected chi connectivity index (χ1v) is 7.61. The number of hydrogen-bond donors (Lipinski definition) is 0. The summed E-state index contributed by atoms with van der Waals surface area (Å²) in [5.74, 6) is 0.955. The standard InChI is InChI=1S/C16H30O/c1-15-10-4-5-12-16(15,2)14(8-6-11-15)9-7-13-17-3/h14H,4-13H2,1-3H3/t14?,15-,16+/m1/s1. The Hall–Kier alpha value is -0.0400. The molecule has 3 atom stereocenters. The summed E-state index contributed by atoms with van der Waals surface area (Å²) in [6.07, 6.45) is 12.9. The van der Waals surface area contributed by atoms with E-state index >= 15 is 0 Å². The summed E-state index contributed by atoms with van der Waals surface area (Å²) in [4.78, 5) is 0. The van der Waals surface area contributed by atoms with Crippen LogP contribution in [0.4, 0.5) is 0 Å². The van der Waals surface area contributed by atoms with Crippen LogP contribution in [0.15, 0.2) is 0 Å². The van der Waals surface area contributed by atoms with Gasteiger partial charge in [-0.05, 0) is 55.3 Å². The molecule has 17 heavy (non-hydrogen) atoms. The van der Waals surface area contributed by atoms with E-state index < -0.39 is 0 Å². The highest BCUT2D eigenvalue weighted by molar-refractivity contribution is 5.01. The van der Waals surface area contributed by atoms with Gasteiger partial charge in [0.05, 0.1) is 0 Å². The maximum absolute atomic E-state index is 5.23. The molecule has 0 aromatic heterocycles. The molecule has 0 heterocycles. The molecule has 1 unspecified atom stereocenters. The van der Waals surface area contributed by atoms with E-state index in [1.807, 2.05) is 7.11 Å². The Morgan fingerprint density at radius 2 is 1.76 bits per heavy atom. The van der Waals surface area contributed by atoms with E-state index in [0.29, 0.717) is 10.8 Å². The largest absolute Gasteiger partial charge is 0.385 e. The second-order valence-corrected chi connectivity index (χ2v) is 6.91. The van der Waals surface area contributed by atoms with Crippen molar-refractivity contribution >= 4 is 0 Å². The molecule has 2 aliphatic rings. The molecule has 2 saturated carbocycles. The molecule has 2 fully saturated rings. The van der Waals surface area contributed by atoms with E-state index in [2.05, 4.69) is 13.8 Å². The maximum Gasteiger partial charge on any atom is 0.0462 e. The van der Waals surface area contributed by atoms with Crippen LogP contribution < -0.4 is 0 Å². The zero-order valence-corrected chi connectivity index (χ0v) is 12.1. The van der Waals surface area contributed by atoms with Crippen molar-refractivity contribution in [3.8, 4) is 0 Å². The third-order valence-corrected chi connectivity index (χ3v) is 6.14. The van der Waals surface area contributed by atoms with E-state index in [1.165, 1.54) is 57.8 Å². The van der Waals surface area contributed by atoms with Crippen molar-refractivity contribution in [3.05, 3.63) is 0 Å². The summed E-state index contributed by atoms with van der Waals surface area (Å²) in [7, 11) is 1.83. The predicted octanol–water partition coefficient (Wildman–Crippen LogP) is 4.80. The first-order chi connectivity index (χ1) is 8.12. The van der Waals surface area contributed by atoms with Crippen LogP contribution in [0.25, 0.3) is 0 Å². The van der Waals surface area contributed by atoms with Crippen molar-refractivity contribution < 1.29 is 4.74 Å². The SMILES string of the molecule is COCCCC1CCC[C@@]2(C)CCCC[C@@]12C. The Morgan fingerprint density at radius 1 is 1.06 bits per heavy atom. The van der Waals surface area contributed by atoms with Gasteiger partial charge in [-0.2, -0.15) is 0 Å². The second-order valence-electron chi connectivity index (χ2n) is 6.91. The fourth-order valence-corrected chi connectivity index (χ4v) is 4.70. The molecule has 0 bridgehead atoms. The monoisotopic (exact) mass is 238 g/mol. The fourth-order valence-electron chi connectivity index (χ4n) is 4.70. The molecule has 0 saturated heterocycles. The highest BCUT2D eigenvalue weighted by Gasteiger charge is 2.51. The fraction of sp³-hybridized carbons (Fsp3) is 1.00. The molecule has 0 radical (unpaired) electrons. The third kappa shape index (κ3) is 2.41. The van der Waals surface area contributed by atoms with Crippen molar-refractivity contribution in [2.45, 2.75) is 71.6 Å². The van der Waals surface area contributed by atoms with Crippen molar-refractivity contribution in [1.29, 1.82) is 0 Å². The average molecular weight is 238 g/mol. The average Bonchev–Trinajstić information content (AvgIpc) is 2.31. The summed E-state index contributed by atoms with van der Waals surface area (Å²) < 4.78 is 5.23. The van der Waals surface area contributed by atoms with Crippen LogP contribution in [0.5, 0.6) is 0 Å². The summed E-state index contributed by atoms with van der Waals surface area (Å²) >= 11 is 0.